The third-order valence-corrected chi connectivity index (χ3v) is 18.4. The fraction of sp³-hybridized carbons (Fsp3) is 0.329. The molecule has 8 heteroatoms. The van der Waals surface area contributed by atoms with Crippen LogP contribution in [0.4, 0.5) is 0 Å². The summed E-state index contributed by atoms with van der Waals surface area (Å²) in [7, 11) is -1.75. The van der Waals surface area contributed by atoms with Gasteiger partial charge in [-0.15, -0.1) is 29.3 Å². The van der Waals surface area contributed by atoms with Gasteiger partial charge in [0.2, 0.25) is 0 Å². The first-order valence-electron chi connectivity index (χ1n) is 28.2. The Hall–Kier alpha value is -6.40. The molecule has 402 valence electrons. The number of rotatable bonds is 8. The summed E-state index contributed by atoms with van der Waals surface area (Å²) in [4.78, 5) is 16.4. The largest absolute Gasteiger partial charge is 0.507 e. The molecule has 1 aliphatic rings. The zero-order valence-electron chi connectivity index (χ0n) is 49.2. The summed E-state index contributed by atoms with van der Waals surface area (Å²) in [6, 6.07) is 53.9. The molecule has 0 unspecified atom stereocenters. The molecule has 1 fully saturated rings. The number of nitrogens with zero attached hydrogens (tertiary/aromatic N) is 5. The van der Waals surface area contributed by atoms with Crippen LogP contribution in [-0.2, 0) is 37.3 Å². The molecule has 0 spiro atoms. The zero-order chi connectivity index (χ0) is 55.5. The van der Waals surface area contributed by atoms with Gasteiger partial charge in [-0.25, -0.2) is 4.98 Å². The number of phenolic OH excluding ortho intramolecular Hbond substituents is 1. The molecule has 11 rings (SSSR count). The summed E-state index contributed by atoms with van der Waals surface area (Å²) in [5, 5.41) is 15.1. The van der Waals surface area contributed by atoms with Crippen LogP contribution < -0.4 is 5.19 Å². The molecule has 1 saturated carbocycles. The SMILES string of the molecule is [2H]C1(c2ccc(-n3c4ccccc4c4nc(-c5[c-]c(-c6cccc7c6nc(-c6cc(C(C)(C)C)cc(C(C)(C)C)c6O)n7-c6ccc([Si](C)(C)C)cc6-c6ccccc6)cc(C(C)(C)C)c5)ncc43)cc2)CCC(C)(C)CC1.[Pt]. The maximum atomic E-state index is 12.7. The minimum Gasteiger partial charge on any atom is -0.507 e. The first kappa shape index (κ1) is 53.6. The third kappa shape index (κ3) is 10.3. The second-order valence-corrected chi connectivity index (χ2v) is 31.8. The summed E-state index contributed by atoms with van der Waals surface area (Å²) in [5.74, 6) is 0.943. The Morgan fingerprint density at radius 3 is 1.92 bits per heavy atom. The van der Waals surface area contributed by atoms with Crippen molar-refractivity contribution < 1.29 is 27.5 Å². The third-order valence-electron chi connectivity index (χ3n) is 16.3. The molecule has 6 nitrogen and oxygen atoms in total. The van der Waals surface area contributed by atoms with Gasteiger partial charge < -0.3 is 9.67 Å². The van der Waals surface area contributed by atoms with Gasteiger partial charge in [0.1, 0.15) is 11.6 Å². The Bertz CT molecular complexity index is 3950. The number of para-hydroxylation sites is 2. The van der Waals surface area contributed by atoms with Crippen LogP contribution in [0.2, 0.25) is 19.6 Å². The van der Waals surface area contributed by atoms with Crippen LogP contribution in [0, 0.1) is 11.5 Å². The van der Waals surface area contributed by atoms with E-state index in [0.717, 1.165) is 120 Å². The molecule has 0 bridgehead atoms. The fourth-order valence-electron chi connectivity index (χ4n) is 11.4. The maximum absolute atomic E-state index is 12.7. The molecular weight excluding hydrogens is 1150 g/mol. The summed E-state index contributed by atoms with van der Waals surface area (Å²) in [5.41, 5.74) is 15.9. The molecule has 1 aliphatic carbocycles. The molecule has 0 radical (unpaired) electrons. The van der Waals surface area contributed by atoms with E-state index in [-0.39, 0.29) is 43.1 Å². The predicted molar refractivity (Wildman–Crippen MR) is 327 cm³/mol. The maximum Gasteiger partial charge on any atom is 0.148 e. The van der Waals surface area contributed by atoms with Gasteiger partial charge in [0.15, 0.2) is 0 Å². The van der Waals surface area contributed by atoms with Crippen LogP contribution >= 0.6 is 0 Å². The van der Waals surface area contributed by atoms with Crippen LogP contribution in [0.15, 0.2) is 146 Å². The number of imidazole rings is 1. The molecule has 7 aromatic carbocycles. The van der Waals surface area contributed by atoms with E-state index in [1.807, 2.05) is 6.20 Å². The number of aromatic nitrogens is 5. The van der Waals surface area contributed by atoms with E-state index in [1.165, 1.54) is 5.19 Å². The number of benzene rings is 7. The second-order valence-electron chi connectivity index (χ2n) is 26.8. The van der Waals surface area contributed by atoms with Gasteiger partial charge in [-0.05, 0) is 106 Å². The van der Waals surface area contributed by atoms with E-state index in [4.69, 9.17) is 15.0 Å². The number of hydrogen-bond donors (Lipinski definition) is 1. The summed E-state index contributed by atoms with van der Waals surface area (Å²) in [6.45, 7) is 31.8. The molecular formula is C70H76N5OPtSi-. The van der Waals surface area contributed by atoms with Crippen molar-refractivity contribution >= 4 is 46.2 Å². The molecule has 1 N–H and O–H groups in total. The van der Waals surface area contributed by atoms with Gasteiger partial charge in [0, 0.05) is 50.8 Å². The first-order valence-corrected chi connectivity index (χ1v) is 31.2. The average Bonchev–Trinajstić information content (AvgIpc) is 4.04. The van der Waals surface area contributed by atoms with Crippen LogP contribution in [0.3, 0.4) is 0 Å². The van der Waals surface area contributed by atoms with Gasteiger partial charge in [0.25, 0.3) is 0 Å². The Kier molecular flexibility index (Phi) is 13.8. The van der Waals surface area contributed by atoms with Crippen molar-refractivity contribution in [2.45, 2.75) is 144 Å². The smallest absolute Gasteiger partial charge is 0.148 e. The minimum absolute atomic E-state index is 0. The van der Waals surface area contributed by atoms with Crippen LogP contribution in [0.25, 0.3) is 89.4 Å². The van der Waals surface area contributed by atoms with Gasteiger partial charge >= 0.3 is 0 Å². The summed E-state index contributed by atoms with van der Waals surface area (Å²) < 4.78 is 14.0. The Labute approximate surface area is 480 Å². The molecule has 0 amide bonds. The van der Waals surface area contributed by atoms with E-state index in [0.29, 0.717) is 22.6 Å². The topological polar surface area (TPSA) is 68.8 Å². The van der Waals surface area contributed by atoms with Crippen LogP contribution in [-0.4, -0.2) is 37.3 Å². The first-order chi connectivity index (χ1) is 36.7. The molecule has 78 heavy (non-hydrogen) atoms. The normalized spacial score (nSPS) is 15.2. The van der Waals surface area contributed by atoms with Crippen LogP contribution in [0.5, 0.6) is 5.75 Å². The van der Waals surface area contributed by atoms with Crippen molar-refractivity contribution in [3.8, 4) is 62.2 Å². The standard InChI is InChI=1S/C70H76N5OSi.Pt/c1-67(2,3)49-38-47(37-48(39-49)65-71-43-61-63(72-65)54-23-18-19-25-58(54)74(61)51-29-27-44(28-30-51)45-33-35-70(10,11)36-34-45)53-24-20-26-60-62(53)73-66(56-40-50(68(4,5)6)41-57(64(56)76)69(7,8)9)75(60)59-32-31-52(77(12,13)14)42-55(59)46-21-16-15-17-22-46;/h15-32,38-43,45,76H,33-36H2,1-14H3;/q-1;/i45D;. The van der Waals surface area contributed by atoms with Crippen molar-refractivity contribution in [3.05, 3.63) is 174 Å². The number of fused-ring (bicyclic) bond motifs is 4. The molecule has 0 saturated heterocycles. The monoisotopic (exact) mass is 1230 g/mol. The van der Waals surface area contributed by atoms with Gasteiger partial charge in [-0.2, -0.15) is 0 Å². The van der Waals surface area contributed by atoms with E-state index in [1.54, 1.807) is 0 Å². The minimum atomic E-state index is -1.75. The van der Waals surface area contributed by atoms with Crippen molar-refractivity contribution in [1.29, 1.82) is 0 Å². The van der Waals surface area contributed by atoms with Crippen molar-refractivity contribution in [2.24, 2.45) is 5.41 Å². The number of hydrogen-bond acceptors (Lipinski definition) is 4. The van der Waals surface area contributed by atoms with E-state index >= 15 is 0 Å². The van der Waals surface area contributed by atoms with E-state index in [2.05, 4.69) is 251 Å². The Balaban J connectivity index is 0.00000704. The van der Waals surface area contributed by atoms with Gasteiger partial charge in [-0.3, -0.25) is 14.5 Å². The average molecular weight is 1230 g/mol. The number of phenols is 1. The fourth-order valence-corrected chi connectivity index (χ4v) is 12.5. The number of aromatic hydroxyl groups is 1. The molecule has 10 aromatic rings. The Morgan fingerprint density at radius 1 is 0.615 bits per heavy atom. The summed E-state index contributed by atoms with van der Waals surface area (Å²) in [6.07, 6.45) is 5.83. The quantitative estimate of drug-likeness (QED) is 0.122. The molecule has 3 heterocycles. The second kappa shape index (κ2) is 20.0. The van der Waals surface area contributed by atoms with Gasteiger partial charge in [-0.1, -0.05) is 203 Å². The summed E-state index contributed by atoms with van der Waals surface area (Å²) >= 11 is 0. The Morgan fingerprint density at radius 2 is 1.26 bits per heavy atom. The van der Waals surface area contributed by atoms with Gasteiger partial charge in [0.05, 0.1) is 52.7 Å². The zero-order valence-corrected chi connectivity index (χ0v) is 51.5. The van der Waals surface area contributed by atoms with E-state index < -0.39 is 14.0 Å². The van der Waals surface area contributed by atoms with Crippen molar-refractivity contribution in [3.63, 3.8) is 0 Å². The van der Waals surface area contributed by atoms with E-state index in [9.17, 15) is 6.48 Å². The van der Waals surface area contributed by atoms with Crippen molar-refractivity contribution in [1.82, 2.24) is 24.1 Å². The molecule has 0 aliphatic heterocycles. The predicted octanol–water partition coefficient (Wildman–Crippen LogP) is 18.2. The van der Waals surface area contributed by atoms with Crippen molar-refractivity contribution in [2.75, 3.05) is 0 Å². The van der Waals surface area contributed by atoms with Crippen LogP contribution in [0.1, 0.15) is 131 Å². The molecule has 3 aromatic heterocycles. The molecule has 0 atom stereocenters.